The molecule has 2 N–H and O–H groups in total. The predicted octanol–water partition coefficient (Wildman–Crippen LogP) is 1.82. The van der Waals surface area contributed by atoms with E-state index in [0.717, 1.165) is 50.3 Å². The van der Waals surface area contributed by atoms with Crippen LogP contribution in [-0.2, 0) is 10.3 Å². The zero-order chi connectivity index (χ0) is 23.9. The summed E-state index contributed by atoms with van der Waals surface area (Å²) in [7, 11) is 6.19. The number of aliphatic hydroxyl groups is 1. The van der Waals surface area contributed by atoms with Crippen LogP contribution in [0.5, 0.6) is 0 Å². The van der Waals surface area contributed by atoms with E-state index in [1.54, 1.807) is 4.90 Å². The lowest BCUT2D eigenvalue weighted by molar-refractivity contribution is -0.129. The van der Waals surface area contributed by atoms with Crippen molar-refractivity contribution >= 4 is 17.4 Å². The van der Waals surface area contributed by atoms with Crippen molar-refractivity contribution in [2.45, 2.75) is 43.1 Å². The number of pyridine rings is 1. The number of anilines is 2. The molecule has 3 aliphatic rings. The molecule has 1 aliphatic carbocycles. The Morgan fingerprint density at radius 1 is 1.06 bits per heavy atom. The second-order valence-corrected chi connectivity index (χ2v) is 10.3. The van der Waals surface area contributed by atoms with Crippen molar-refractivity contribution in [2.75, 3.05) is 57.1 Å². The minimum absolute atomic E-state index is 0.0235. The number of carbonyl (C=O) groups excluding carboxylic acids is 1. The molecule has 8 nitrogen and oxygen atoms in total. The van der Waals surface area contributed by atoms with Gasteiger partial charge in [-0.05, 0) is 57.5 Å². The minimum atomic E-state index is -0.735. The maximum atomic E-state index is 12.1. The van der Waals surface area contributed by atoms with Crippen LogP contribution < -0.4 is 15.1 Å². The van der Waals surface area contributed by atoms with Gasteiger partial charge in [0.15, 0.2) is 6.35 Å². The Bertz CT molecular complexity index is 1000. The van der Waals surface area contributed by atoms with Gasteiger partial charge in [-0.1, -0.05) is 30.3 Å². The molecule has 2 aromatic rings. The Balaban J connectivity index is 1.28. The average molecular weight is 465 g/mol. The van der Waals surface area contributed by atoms with E-state index in [1.165, 1.54) is 5.56 Å². The van der Waals surface area contributed by atoms with E-state index in [9.17, 15) is 9.90 Å². The van der Waals surface area contributed by atoms with Gasteiger partial charge in [0.25, 0.3) is 0 Å². The number of piperazine rings is 1. The Morgan fingerprint density at radius 2 is 1.79 bits per heavy atom. The molecule has 1 amide bonds. The molecule has 1 saturated carbocycles. The fourth-order valence-electron chi connectivity index (χ4n) is 5.92. The van der Waals surface area contributed by atoms with Crippen molar-refractivity contribution in [1.82, 2.24) is 20.1 Å². The van der Waals surface area contributed by atoms with E-state index in [2.05, 4.69) is 59.6 Å². The Hall–Kier alpha value is -2.68. The van der Waals surface area contributed by atoms with Crippen LogP contribution >= 0.6 is 0 Å². The number of nitrogens with one attached hydrogen (secondary N) is 1. The lowest BCUT2D eigenvalue weighted by Crippen LogP contribution is -2.54. The summed E-state index contributed by atoms with van der Waals surface area (Å²) in [5.41, 5.74) is 2.17. The third kappa shape index (κ3) is 4.04. The van der Waals surface area contributed by atoms with E-state index in [1.807, 2.05) is 35.2 Å². The Labute approximate surface area is 202 Å². The third-order valence-electron chi connectivity index (χ3n) is 8.25. The van der Waals surface area contributed by atoms with Crippen molar-refractivity contribution in [3.05, 3.63) is 54.2 Å². The molecule has 3 fully saturated rings. The van der Waals surface area contributed by atoms with Gasteiger partial charge in [0.2, 0.25) is 5.91 Å². The average Bonchev–Trinajstić information content (AvgIpc) is 3.17. The number of benzene rings is 1. The summed E-state index contributed by atoms with van der Waals surface area (Å²) in [6.07, 6.45) is 5.13. The molecule has 3 heterocycles. The maximum Gasteiger partial charge on any atom is 0.241 e. The first-order chi connectivity index (χ1) is 16.3. The molecule has 8 heteroatoms. The van der Waals surface area contributed by atoms with Crippen LogP contribution in [0, 0.1) is 0 Å². The van der Waals surface area contributed by atoms with Crippen LogP contribution in [0.25, 0.3) is 0 Å². The number of likely N-dealkylation sites (N-methyl/N-ethyl adjacent to an activating group) is 1. The lowest BCUT2D eigenvalue weighted by atomic mass is 9.69. The van der Waals surface area contributed by atoms with Gasteiger partial charge in [0, 0.05) is 37.8 Å². The van der Waals surface area contributed by atoms with Crippen LogP contribution in [0.3, 0.4) is 0 Å². The van der Waals surface area contributed by atoms with E-state index in [4.69, 9.17) is 0 Å². The molecular weight excluding hydrogens is 428 g/mol. The minimum Gasteiger partial charge on any atom is -0.361 e. The number of hydrogen-bond donors (Lipinski definition) is 2. The monoisotopic (exact) mass is 464 g/mol. The van der Waals surface area contributed by atoms with E-state index in [-0.39, 0.29) is 17.0 Å². The Morgan fingerprint density at radius 3 is 2.41 bits per heavy atom. The van der Waals surface area contributed by atoms with Gasteiger partial charge < -0.3 is 19.8 Å². The van der Waals surface area contributed by atoms with Crippen LogP contribution in [0.1, 0.15) is 31.2 Å². The fraction of sp³-hybridized carbons (Fsp3) is 0.538. The highest BCUT2D eigenvalue weighted by Gasteiger charge is 2.50. The smallest absolute Gasteiger partial charge is 0.241 e. The highest BCUT2D eigenvalue weighted by atomic mass is 16.3. The van der Waals surface area contributed by atoms with Gasteiger partial charge >= 0.3 is 0 Å². The van der Waals surface area contributed by atoms with Gasteiger partial charge in [-0.15, -0.1) is 0 Å². The quantitative estimate of drug-likeness (QED) is 0.715. The largest absolute Gasteiger partial charge is 0.361 e. The van der Waals surface area contributed by atoms with E-state index >= 15 is 0 Å². The number of rotatable bonds is 4. The number of amides is 1. The van der Waals surface area contributed by atoms with Gasteiger partial charge in [-0.2, -0.15) is 0 Å². The molecule has 1 spiro atoms. The molecule has 34 heavy (non-hydrogen) atoms. The molecular formula is C26H36N6O2. The molecule has 1 aromatic carbocycles. The zero-order valence-corrected chi connectivity index (χ0v) is 20.4. The van der Waals surface area contributed by atoms with Crippen LogP contribution in [-0.4, -0.2) is 85.0 Å². The molecule has 1 unspecified atom stereocenters. The first kappa shape index (κ1) is 23.1. The van der Waals surface area contributed by atoms with Crippen molar-refractivity contribution in [3.8, 4) is 0 Å². The van der Waals surface area contributed by atoms with E-state index < -0.39 is 6.35 Å². The van der Waals surface area contributed by atoms with E-state index in [0.29, 0.717) is 13.1 Å². The highest BCUT2D eigenvalue weighted by Crippen LogP contribution is 2.46. The van der Waals surface area contributed by atoms with Gasteiger partial charge in [0.1, 0.15) is 5.82 Å². The molecule has 2 aliphatic heterocycles. The van der Waals surface area contributed by atoms with Crippen molar-refractivity contribution in [3.63, 3.8) is 0 Å². The first-order valence-electron chi connectivity index (χ1n) is 12.2. The number of nitrogens with zero attached hydrogens (tertiary/aromatic N) is 5. The Kier molecular flexibility index (Phi) is 6.00. The normalized spacial score (nSPS) is 30.0. The van der Waals surface area contributed by atoms with Gasteiger partial charge in [0.05, 0.1) is 18.4 Å². The molecule has 0 bridgehead atoms. The summed E-state index contributed by atoms with van der Waals surface area (Å²) >= 11 is 0. The second-order valence-electron chi connectivity index (χ2n) is 10.3. The first-order valence-corrected chi connectivity index (χ1v) is 12.2. The zero-order valence-electron chi connectivity index (χ0n) is 20.4. The number of hydrogen-bond acceptors (Lipinski definition) is 7. The SMILES string of the molecule is CN1CCN(c2ccc(N3C[C@]4(CC[C@](c5ccccc5)(N(C)C)CC4)NC3O)cn2)CC1=O. The number of carbonyl (C=O) groups is 1. The van der Waals surface area contributed by atoms with Crippen molar-refractivity contribution in [1.29, 1.82) is 0 Å². The maximum absolute atomic E-state index is 12.1. The molecule has 2 saturated heterocycles. The molecule has 5 rings (SSSR count). The highest BCUT2D eigenvalue weighted by molar-refractivity contribution is 5.82. The number of aromatic nitrogens is 1. The summed E-state index contributed by atoms with van der Waals surface area (Å²) in [5, 5.41) is 14.4. The molecule has 1 aromatic heterocycles. The summed E-state index contributed by atoms with van der Waals surface area (Å²) in [4.78, 5) is 24.8. The van der Waals surface area contributed by atoms with Crippen molar-refractivity contribution < 1.29 is 9.90 Å². The molecule has 1 atom stereocenters. The third-order valence-corrected chi connectivity index (χ3v) is 8.25. The predicted molar refractivity (Wildman–Crippen MR) is 134 cm³/mol. The standard InChI is InChI=1S/C26H36N6O2/c1-29(2)26(20-7-5-4-6-8-20)13-11-25(12-14-26)19-32(24(34)28-25)21-9-10-22(27-17-21)31-16-15-30(3)23(33)18-31/h4-10,17,24,28,34H,11-16,18-19H2,1-3H3/t24?,25-,26+. The van der Waals surface area contributed by atoms with Crippen LogP contribution in [0.4, 0.5) is 11.5 Å². The summed E-state index contributed by atoms with van der Waals surface area (Å²) in [6.45, 7) is 2.59. The summed E-state index contributed by atoms with van der Waals surface area (Å²) in [6, 6.07) is 14.8. The van der Waals surface area contributed by atoms with Crippen molar-refractivity contribution in [2.24, 2.45) is 0 Å². The topological polar surface area (TPSA) is 75.2 Å². The van der Waals surface area contributed by atoms with Crippen LogP contribution in [0.2, 0.25) is 0 Å². The summed E-state index contributed by atoms with van der Waals surface area (Å²) in [5.74, 6) is 0.915. The number of aliphatic hydroxyl groups excluding tert-OH is 1. The summed E-state index contributed by atoms with van der Waals surface area (Å²) < 4.78 is 0. The van der Waals surface area contributed by atoms with Gasteiger partial charge in [-0.25, -0.2) is 4.98 Å². The van der Waals surface area contributed by atoms with Crippen LogP contribution in [0.15, 0.2) is 48.7 Å². The lowest BCUT2D eigenvalue weighted by Gasteiger charge is -2.49. The molecule has 182 valence electrons. The van der Waals surface area contributed by atoms with Gasteiger partial charge in [-0.3, -0.25) is 15.0 Å². The fourth-order valence-corrected chi connectivity index (χ4v) is 5.92. The second kappa shape index (κ2) is 8.83. The molecule has 0 radical (unpaired) electrons.